The Balaban J connectivity index is 1.60. The van der Waals surface area contributed by atoms with E-state index < -0.39 is 11.9 Å². The standard InChI is InChI=1S/C13H12F3N5OS/c1-8-6-10(13(14,15)16)19-21(8)3-2-17-11(22)9-7-20-4-5-23-12(20)18-9/h4-7H,2-3H2,1H3,(H,17,22). The highest BCUT2D eigenvalue weighted by Crippen LogP contribution is 2.28. The molecule has 0 aliphatic heterocycles. The van der Waals surface area contributed by atoms with Crippen molar-refractivity contribution >= 4 is 22.2 Å². The van der Waals surface area contributed by atoms with Crippen molar-refractivity contribution in [3.8, 4) is 0 Å². The fourth-order valence-corrected chi connectivity index (χ4v) is 2.78. The van der Waals surface area contributed by atoms with Crippen molar-refractivity contribution in [2.24, 2.45) is 0 Å². The van der Waals surface area contributed by atoms with Crippen LogP contribution >= 0.6 is 11.3 Å². The van der Waals surface area contributed by atoms with Gasteiger partial charge in [0.25, 0.3) is 5.91 Å². The molecule has 122 valence electrons. The summed E-state index contributed by atoms with van der Waals surface area (Å²) in [7, 11) is 0. The molecule has 1 N–H and O–H groups in total. The minimum Gasteiger partial charge on any atom is -0.349 e. The van der Waals surface area contributed by atoms with Gasteiger partial charge in [0.1, 0.15) is 5.69 Å². The molecule has 6 nitrogen and oxygen atoms in total. The van der Waals surface area contributed by atoms with Crippen LogP contribution in [0, 0.1) is 6.92 Å². The summed E-state index contributed by atoms with van der Waals surface area (Å²) in [6.07, 6.45) is -1.08. The molecule has 0 fully saturated rings. The highest BCUT2D eigenvalue weighted by molar-refractivity contribution is 7.15. The lowest BCUT2D eigenvalue weighted by atomic mass is 10.3. The number of halogens is 3. The van der Waals surface area contributed by atoms with Crippen molar-refractivity contribution < 1.29 is 18.0 Å². The van der Waals surface area contributed by atoms with E-state index in [2.05, 4.69) is 15.4 Å². The number of aryl methyl sites for hydroxylation is 1. The zero-order valence-electron chi connectivity index (χ0n) is 12.0. The summed E-state index contributed by atoms with van der Waals surface area (Å²) in [4.78, 5) is 16.8. The molecule has 0 saturated carbocycles. The van der Waals surface area contributed by atoms with E-state index in [1.807, 2.05) is 5.38 Å². The molecule has 0 spiro atoms. The first-order chi connectivity index (χ1) is 10.8. The van der Waals surface area contributed by atoms with Gasteiger partial charge in [-0.2, -0.15) is 18.3 Å². The zero-order chi connectivity index (χ0) is 16.6. The van der Waals surface area contributed by atoms with Crippen molar-refractivity contribution in [2.75, 3.05) is 6.54 Å². The van der Waals surface area contributed by atoms with E-state index in [1.165, 1.54) is 22.9 Å². The van der Waals surface area contributed by atoms with Gasteiger partial charge in [0.05, 0.1) is 6.54 Å². The highest BCUT2D eigenvalue weighted by Gasteiger charge is 2.34. The van der Waals surface area contributed by atoms with Crippen LogP contribution in [0.4, 0.5) is 13.2 Å². The Labute approximate surface area is 132 Å². The largest absolute Gasteiger partial charge is 0.435 e. The van der Waals surface area contributed by atoms with Crippen LogP contribution in [0.2, 0.25) is 0 Å². The van der Waals surface area contributed by atoms with E-state index in [9.17, 15) is 18.0 Å². The topological polar surface area (TPSA) is 64.2 Å². The molecule has 0 aromatic carbocycles. The molecule has 10 heteroatoms. The summed E-state index contributed by atoms with van der Waals surface area (Å²) in [5.74, 6) is -0.373. The number of thiazole rings is 1. The van der Waals surface area contributed by atoms with Crippen molar-refractivity contribution in [3.05, 3.63) is 40.9 Å². The summed E-state index contributed by atoms with van der Waals surface area (Å²) in [5.41, 5.74) is -0.283. The highest BCUT2D eigenvalue weighted by atomic mass is 32.1. The number of imidazole rings is 1. The third-order valence-electron chi connectivity index (χ3n) is 3.21. The molecule has 0 unspecified atom stereocenters. The minimum atomic E-state index is -4.47. The lowest BCUT2D eigenvalue weighted by molar-refractivity contribution is -0.141. The number of hydrogen-bond acceptors (Lipinski definition) is 4. The van der Waals surface area contributed by atoms with Crippen LogP contribution < -0.4 is 5.32 Å². The van der Waals surface area contributed by atoms with Crippen LogP contribution in [0.1, 0.15) is 21.9 Å². The molecule has 23 heavy (non-hydrogen) atoms. The molecule has 0 atom stereocenters. The van der Waals surface area contributed by atoms with E-state index in [4.69, 9.17) is 0 Å². The quantitative estimate of drug-likeness (QED) is 0.791. The van der Waals surface area contributed by atoms with Crippen LogP contribution in [0.5, 0.6) is 0 Å². The van der Waals surface area contributed by atoms with Gasteiger partial charge in [-0.3, -0.25) is 13.9 Å². The number of hydrogen-bond donors (Lipinski definition) is 1. The predicted molar refractivity (Wildman–Crippen MR) is 77.4 cm³/mol. The van der Waals surface area contributed by atoms with Crippen LogP contribution in [-0.2, 0) is 12.7 Å². The molecule has 0 bridgehead atoms. The Morgan fingerprint density at radius 3 is 2.87 bits per heavy atom. The molecule has 0 aliphatic carbocycles. The first-order valence-electron chi connectivity index (χ1n) is 6.66. The second-order valence-corrected chi connectivity index (χ2v) is 5.74. The van der Waals surface area contributed by atoms with Gasteiger partial charge in [-0.25, -0.2) is 4.98 Å². The molecule has 3 aromatic rings. The second-order valence-electron chi connectivity index (χ2n) is 4.87. The van der Waals surface area contributed by atoms with Gasteiger partial charge in [0, 0.05) is 30.0 Å². The first kappa shape index (κ1) is 15.5. The SMILES string of the molecule is Cc1cc(C(F)(F)F)nn1CCNC(=O)c1cn2ccsc2n1. The molecule has 0 aliphatic rings. The van der Waals surface area contributed by atoms with Crippen molar-refractivity contribution in [1.29, 1.82) is 0 Å². The third-order valence-corrected chi connectivity index (χ3v) is 3.98. The Kier molecular flexibility index (Phi) is 3.84. The molecular formula is C13H12F3N5OS. The number of nitrogens with zero attached hydrogens (tertiary/aromatic N) is 4. The van der Waals surface area contributed by atoms with Crippen LogP contribution in [0.3, 0.4) is 0 Å². The first-order valence-corrected chi connectivity index (χ1v) is 7.54. The summed E-state index contributed by atoms with van der Waals surface area (Å²) >= 11 is 1.40. The molecule has 0 saturated heterocycles. The number of alkyl halides is 3. The molecule has 3 rings (SSSR count). The van der Waals surface area contributed by atoms with E-state index in [1.54, 1.807) is 16.8 Å². The molecule has 3 aromatic heterocycles. The summed E-state index contributed by atoms with van der Waals surface area (Å²) in [6.45, 7) is 1.84. The number of carbonyl (C=O) groups is 1. The summed E-state index contributed by atoms with van der Waals surface area (Å²) in [6, 6.07) is 0.978. The zero-order valence-corrected chi connectivity index (χ0v) is 12.8. The van der Waals surface area contributed by atoms with E-state index in [-0.39, 0.29) is 24.7 Å². The number of amides is 1. The summed E-state index contributed by atoms with van der Waals surface area (Å²) in [5, 5.41) is 7.97. The summed E-state index contributed by atoms with van der Waals surface area (Å²) < 4.78 is 40.7. The van der Waals surface area contributed by atoms with Crippen molar-refractivity contribution in [2.45, 2.75) is 19.6 Å². The third kappa shape index (κ3) is 3.21. The van der Waals surface area contributed by atoms with Crippen LogP contribution in [-0.4, -0.2) is 31.6 Å². The second kappa shape index (κ2) is 5.69. The van der Waals surface area contributed by atoms with E-state index in [0.717, 1.165) is 6.07 Å². The number of carbonyl (C=O) groups excluding carboxylic acids is 1. The van der Waals surface area contributed by atoms with Crippen LogP contribution in [0.15, 0.2) is 23.8 Å². The fraction of sp³-hybridized carbons (Fsp3) is 0.308. The Bertz CT molecular complexity index is 819. The Hall–Kier alpha value is -2.36. The number of aromatic nitrogens is 4. The number of fused-ring (bicyclic) bond motifs is 1. The maximum atomic E-state index is 12.6. The maximum absolute atomic E-state index is 12.6. The van der Waals surface area contributed by atoms with Gasteiger partial charge in [-0.1, -0.05) is 0 Å². The monoisotopic (exact) mass is 343 g/mol. The van der Waals surface area contributed by atoms with Gasteiger partial charge in [0.15, 0.2) is 10.7 Å². The van der Waals surface area contributed by atoms with Crippen LogP contribution in [0.25, 0.3) is 4.96 Å². The predicted octanol–water partition coefficient (Wildman–Crippen LogP) is 2.35. The lowest BCUT2D eigenvalue weighted by Gasteiger charge is -2.06. The van der Waals surface area contributed by atoms with E-state index >= 15 is 0 Å². The van der Waals surface area contributed by atoms with Gasteiger partial charge in [-0.15, -0.1) is 11.3 Å². The number of nitrogens with one attached hydrogen (secondary N) is 1. The maximum Gasteiger partial charge on any atom is 0.435 e. The van der Waals surface area contributed by atoms with Gasteiger partial charge < -0.3 is 5.32 Å². The average molecular weight is 343 g/mol. The molecular weight excluding hydrogens is 331 g/mol. The molecule has 1 amide bonds. The number of rotatable bonds is 4. The van der Waals surface area contributed by atoms with Gasteiger partial charge in [-0.05, 0) is 13.0 Å². The smallest absolute Gasteiger partial charge is 0.349 e. The Morgan fingerprint density at radius 1 is 1.43 bits per heavy atom. The molecule has 0 radical (unpaired) electrons. The van der Waals surface area contributed by atoms with Crippen molar-refractivity contribution in [3.63, 3.8) is 0 Å². The van der Waals surface area contributed by atoms with Crippen molar-refractivity contribution in [1.82, 2.24) is 24.5 Å². The van der Waals surface area contributed by atoms with E-state index in [0.29, 0.717) is 10.7 Å². The lowest BCUT2D eigenvalue weighted by Crippen LogP contribution is -2.28. The van der Waals surface area contributed by atoms with Gasteiger partial charge >= 0.3 is 6.18 Å². The normalized spacial score (nSPS) is 12.0. The minimum absolute atomic E-state index is 0.149. The Morgan fingerprint density at radius 2 is 2.22 bits per heavy atom. The molecule has 3 heterocycles. The van der Waals surface area contributed by atoms with Gasteiger partial charge in [0.2, 0.25) is 0 Å². The average Bonchev–Trinajstić information content (AvgIpc) is 3.12. The fourth-order valence-electron chi connectivity index (χ4n) is 2.08.